The van der Waals surface area contributed by atoms with Crippen LogP contribution < -0.4 is 0 Å². The topological polar surface area (TPSA) is 108 Å². The molecule has 0 amide bonds. The molecule has 0 aromatic rings. The molecule has 10 nitrogen and oxygen atoms in total. The Labute approximate surface area is 267 Å². The van der Waals surface area contributed by atoms with E-state index in [2.05, 4.69) is 110 Å². The van der Waals surface area contributed by atoms with Crippen molar-refractivity contribution in [3.63, 3.8) is 0 Å². The first kappa shape index (κ1) is 42.2. The van der Waals surface area contributed by atoms with E-state index < -0.39 is 62.7 Å². The fourth-order valence-corrected chi connectivity index (χ4v) is 33.9. The smallest absolute Gasteiger partial charge is 0.455 e. The third kappa shape index (κ3) is 18.0. The molecule has 3 unspecified atom stereocenters. The molecule has 0 aliphatic heterocycles. The summed E-state index contributed by atoms with van der Waals surface area (Å²) in [4.78, 5) is 23.5. The summed E-state index contributed by atoms with van der Waals surface area (Å²) < 4.78 is 48.5. The van der Waals surface area contributed by atoms with E-state index >= 15 is 0 Å². The van der Waals surface area contributed by atoms with Crippen molar-refractivity contribution in [2.75, 3.05) is 13.2 Å². The van der Waals surface area contributed by atoms with Crippen LogP contribution in [0.15, 0.2) is 25.7 Å². The van der Waals surface area contributed by atoms with Crippen molar-refractivity contribution in [1.82, 2.24) is 0 Å². The van der Waals surface area contributed by atoms with Crippen LogP contribution in [-0.2, 0) is 35.4 Å². The third-order valence-electron chi connectivity index (χ3n) is 6.58. The summed E-state index contributed by atoms with van der Waals surface area (Å²) in [6.45, 7) is 37.7. The van der Waals surface area contributed by atoms with Gasteiger partial charge in [0.2, 0.25) is 0 Å². The summed E-state index contributed by atoms with van der Waals surface area (Å²) >= 11 is 0. The molecule has 0 aromatic carbocycles. The van der Waals surface area contributed by atoms with Crippen molar-refractivity contribution in [1.29, 1.82) is 0 Å². The molecule has 0 fully saturated rings. The molecule has 0 aromatic heterocycles. The van der Waals surface area contributed by atoms with Gasteiger partial charge in [-0.3, -0.25) is 0 Å². The van der Waals surface area contributed by atoms with Crippen LogP contribution in [-0.4, -0.2) is 75.9 Å². The number of ether oxygens (including phenoxy) is 4. The summed E-state index contributed by atoms with van der Waals surface area (Å²) in [7, 11) is -14.7. The summed E-state index contributed by atoms with van der Waals surface area (Å²) in [5.41, 5.74) is 0.823. The Hall–Kier alpha value is -0.839. The van der Waals surface area contributed by atoms with Crippen LogP contribution in [0.2, 0.25) is 95.3 Å². The van der Waals surface area contributed by atoms with Crippen LogP contribution in [0.25, 0.3) is 0 Å². The van der Waals surface area contributed by atoms with Crippen LogP contribution >= 0.6 is 0 Å². The van der Waals surface area contributed by atoms with Gasteiger partial charge in [0.25, 0.3) is 0 Å². The van der Waals surface area contributed by atoms with Gasteiger partial charge in [0.1, 0.15) is 0 Å². The first-order valence-corrected chi connectivity index (χ1v) is 32.8. The van der Waals surface area contributed by atoms with Crippen LogP contribution in [0.3, 0.4) is 0 Å². The van der Waals surface area contributed by atoms with Gasteiger partial charge in [-0.2, -0.15) is 0 Å². The van der Waals surface area contributed by atoms with Crippen molar-refractivity contribution in [3.05, 3.63) is 25.7 Å². The van der Waals surface area contributed by atoms with E-state index in [1.807, 2.05) is 0 Å². The van der Waals surface area contributed by atoms with Crippen LogP contribution in [0.1, 0.15) is 26.7 Å². The maximum absolute atomic E-state index is 11.9. The lowest BCUT2D eigenvalue weighted by molar-refractivity contribution is 0.0827. The molecule has 0 spiro atoms. The zero-order chi connectivity index (χ0) is 33.9. The predicted molar refractivity (Wildman–Crippen MR) is 187 cm³/mol. The van der Waals surface area contributed by atoms with Crippen LogP contribution in [0.5, 0.6) is 0 Å². The molecular weight excluding hydrogens is 653 g/mol. The Morgan fingerprint density at radius 2 is 0.953 bits per heavy atom. The van der Waals surface area contributed by atoms with E-state index in [0.29, 0.717) is 18.5 Å². The second-order valence-corrected chi connectivity index (χ2v) is 41.2. The second-order valence-electron chi connectivity index (χ2n) is 14.7. The summed E-state index contributed by atoms with van der Waals surface area (Å²) in [5.74, 6) is 0. The fourth-order valence-electron chi connectivity index (χ4n) is 4.51. The largest absolute Gasteiger partial charge is 0.513 e. The highest BCUT2D eigenvalue weighted by Crippen LogP contribution is 2.42. The molecule has 16 heteroatoms. The van der Waals surface area contributed by atoms with Crippen LogP contribution in [0, 0.1) is 0 Å². The molecule has 0 aliphatic carbocycles. The number of hydrogen-bond donors (Lipinski definition) is 0. The number of hydrogen-bond acceptors (Lipinski definition) is 10. The van der Waals surface area contributed by atoms with Gasteiger partial charge in [0, 0.05) is 5.67 Å². The lowest BCUT2D eigenvalue weighted by Crippen LogP contribution is -2.66. The minimum absolute atomic E-state index is 0.0643. The molecule has 0 heterocycles. The SMILES string of the molecule is C=COC(=O)OCCC(C)[Si](C)(C)O[Si](C)(C[Si](O[Si](C)(C)C)(O[Si](C)(C)C)O[Si](C)(C)C)C(C)CCOC(=O)OC=C. The molecule has 0 aliphatic rings. The molecule has 43 heavy (non-hydrogen) atoms. The summed E-state index contributed by atoms with van der Waals surface area (Å²) in [6.07, 6.45) is 1.78. The van der Waals surface area contributed by atoms with E-state index in [4.69, 9.17) is 30.7 Å². The molecular formula is C27H60O10Si6. The van der Waals surface area contributed by atoms with Crippen molar-refractivity contribution in [3.8, 4) is 0 Å². The van der Waals surface area contributed by atoms with Gasteiger partial charge < -0.3 is 35.4 Å². The Balaban J connectivity index is 6.61. The van der Waals surface area contributed by atoms with Gasteiger partial charge in [0.05, 0.1) is 25.7 Å². The molecule has 0 saturated heterocycles. The van der Waals surface area contributed by atoms with Gasteiger partial charge in [-0.25, -0.2) is 9.59 Å². The minimum Gasteiger partial charge on any atom is -0.455 e. The highest BCUT2D eigenvalue weighted by Gasteiger charge is 2.57. The first-order valence-electron chi connectivity index (χ1n) is 15.0. The Kier molecular flexibility index (Phi) is 16.8. The average Bonchev–Trinajstić information content (AvgIpc) is 2.74. The van der Waals surface area contributed by atoms with E-state index in [9.17, 15) is 9.59 Å². The monoisotopic (exact) mass is 712 g/mol. The van der Waals surface area contributed by atoms with Crippen molar-refractivity contribution in [2.24, 2.45) is 0 Å². The van der Waals surface area contributed by atoms with Gasteiger partial charge in [-0.05, 0) is 102 Å². The standard InChI is InChI=1S/C27H60O10Si6/c1-17-30-26(28)32-21-19-24(3)41(14,15)37-42(16,25(4)20-22-33-27(29)31-18-2)23-43(34-38(5,6)7,35-39(8,9)10)36-40(11,12)13/h17-18,24-25H,1-2,19-23H2,3-16H3. The zero-order valence-electron chi connectivity index (χ0n) is 29.3. The van der Waals surface area contributed by atoms with E-state index in [0.717, 1.165) is 12.5 Å². The van der Waals surface area contributed by atoms with E-state index in [1.165, 1.54) is 0 Å². The number of carbonyl (C=O) groups is 2. The summed E-state index contributed by atoms with van der Waals surface area (Å²) in [6, 6.07) is 0. The molecule has 0 saturated carbocycles. The first-order chi connectivity index (χ1) is 19.3. The molecule has 0 radical (unpaired) electrons. The van der Waals surface area contributed by atoms with Crippen LogP contribution in [0.4, 0.5) is 9.59 Å². The minimum atomic E-state index is -3.25. The molecule has 3 atom stereocenters. The average molecular weight is 713 g/mol. The summed E-state index contributed by atoms with van der Waals surface area (Å²) in [5, 5.41) is 0. The normalized spacial score (nSPS) is 16.0. The Bertz CT molecular complexity index is 873. The predicted octanol–water partition coefficient (Wildman–Crippen LogP) is 8.97. The fraction of sp³-hybridized carbons (Fsp3) is 0.778. The number of rotatable bonds is 20. The highest BCUT2D eigenvalue weighted by atomic mass is 28.5. The van der Waals surface area contributed by atoms with Gasteiger partial charge in [-0.1, -0.05) is 27.0 Å². The van der Waals surface area contributed by atoms with E-state index in [-0.39, 0.29) is 24.3 Å². The van der Waals surface area contributed by atoms with Crippen molar-refractivity contribution >= 4 is 62.7 Å². The molecule has 0 rings (SSSR count). The Morgan fingerprint density at radius 3 is 1.28 bits per heavy atom. The molecule has 252 valence electrons. The van der Waals surface area contributed by atoms with E-state index in [1.54, 1.807) is 0 Å². The highest BCUT2D eigenvalue weighted by molar-refractivity contribution is 6.99. The third-order valence-corrected chi connectivity index (χ3v) is 31.2. The van der Waals surface area contributed by atoms with Gasteiger partial charge in [0.15, 0.2) is 41.6 Å². The van der Waals surface area contributed by atoms with Gasteiger partial charge >= 0.3 is 21.1 Å². The lowest BCUT2D eigenvalue weighted by atomic mass is 10.3. The van der Waals surface area contributed by atoms with Gasteiger partial charge in [-0.15, -0.1) is 0 Å². The maximum atomic E-state index is 11.9. The second kappa shape index (κ2) is 17.2. The molecule has 0 bridgehead atoms. The zero-order valence-corrected chi connectivity index (χ0v) is 35.3. The van der Waals surface area contributed by atoms with Crippen molar-refractivity contribution in [2.45, 2.75) is 122 Å². The number of carbonyl (C=O) groups excluding carboxylic acids is 2. The van der Waals surface area contributed by atoms with Crippen molar-refractivity contribution < 1.29 is 45.0 Å². The lowest BCUT2D eigenvalue weighted by Gasteiger charge is -2.49. The maximum Gasteiger partial charge on any atom is 0.513 e. The molecule has 0 N–H and O–H groups in total. The quantitative estimate of drug-likeness (QED) is 0.0690. The Morgan fingerprint density at radius 1 is 0.605 bits per heavy atom.